The Kier molecular flexibility index (Phi) is 5.07. The Labute approximate surface area is 135 Å². The van der Waals surface area contributed by atoms with Crippen molar-refractivity contribution in [3.05, 3.63) is 51.9 Å². The van der Waals surface area contributed by atoms with Gasteiger partial charge in [0.1, 0.15) is 4.88 Å². The van der Waals surface area contributed by atoms with Gasteiger partial charge < -0.3 is 10.1 Å². The van der Waals surface area contributed by atoms with Crippen LogP contribution in [0.5, 0.6) is 0 Å². The fraction of sp³-hybridized carbons (Fsp3) is 0.200. The summed E-state index contributed by atoms with van der Waals surface area (Å²) in [5, 5.41) is 13.9. The predicted molar refractivity (Wildman–Crippen MR) is 86.6 cm³/mol. The maximum atomic E-state index is 12.1. The van der Waals surface area contributed by atoms with Crippen molar-refractivity contribution in [3.63, 3.8) is 0 Å². The summed E-state index contributed by atoms with van der Waals surface area (Å²) in [5.41, 5.74) is -0.0487. The molecule has 0 aliphatic carbocycles. The molecule has 1 aromatic heterocycles. The zero-order valence-electron chi connectivity index (χ0n) is 12.3. The summed E-state index contributed by atoms with van der Waals surface area (Å²) in [6.45, 7) is 5.23. The van der Waals surface area contributed by atoms with E-state index >= 15 is 0 Å². The van der Waals surface area contributed by atoms with E-state index in [1.165, 1.54) is 31.2 Å². The van der Waals surface area contributed by atoms with Gasteiger partial charge in [-0.15, -0.1) is 17.9 Å². The van der Waals surface area contributed by atoms with Gasteiger partial charge in [0, 0.05) is 28.8 Å². The van der Waals surface area contributed by atoms with E-state index in [-0.39, 0.29) is 17.1 Å². The zero-order valence-corrected chi connectivity index (χ0v) is 13.1. The third-order valence-corrected chi connectivity index (χ3v) is 4.08. The second-order valence-corrected chi connectivity index (χ2v) is 5.76. The number of hydrogen-bond acceptors (Lipinski definition) is 6. The Hall–Kier alpha value is -2.74. The van der Waals surface area contributed by atoms with Crippen LogP contribution in [0.1, 0.15) is 16.6 Å². The van der Waals surface area contributed by atoms with Gasteiger partial charge in [0.15, 0.2) is 6.10 Å². The lowest BCUT2D eigenvalue weighted by Gasteiger charge is -2.11. The highest BCUT2D eigenvalue weighted by Crippen LogP contribution is 2.29. The van der Waals surface area contributed by atoms with E-state index < -0.39 is 22.9 Å². The van der Waals surface area contributed by atoms with Crippen molar-refractivity contribution in [1.29, 1.82) is 0 Å². The molecule has 1 unspecified atom stereocenters. The quantitative estimate of drug-likeness (QED) is 0.379. The highest BCUT2D eigenvalue weighted by Gasteiger charge is 2.20. The number of nitrogens with one attached hydrogen (secondary N) is 1. The number of carbonyl (C=O) groups is 2. The molecule has 1 amide bonds. The van der Waals surface area contributed by atoms with Crippen molar-refractivity contribution >= 4 is 39.0 Å². The number of amides is 1. The number of esters is 1. The molecule has 0 bridgehead atoms. The van der Waals surface area contributed by atoms with Crippen molar-refractivity contribution in [1.82, 2.24) is 5.32 Å². The summed E-state index contributed by atoms with van der Waals surface area (Å²) in [5.74, 6) is -1.06. The summed E-state index contributed by atoms with van der Waals surface area (Å²) < 4.78 is 5.82. The average molecular weight is 334 g/mol. The SMILES string of the molecule is C=CCNC(=O)C(C)OC(=O)c1cc2cc([N+](=O)[O-])ccc2s1. The van der Waals surface area contributed by atoms with Gasteiger partial charge in [0.05, 0.1) is 4.92 Å². The lowest BCUT2D eigenvalue weighted by atomic mass is 10.2. The van der Waals surface area contributed by atoms with E-state index in [2.05, 4.69) is 11.9 Å². The molecule has 0 radical (unpaired) electrons. The fourth-order valence-corrected chi connectivity index (χ4v) is 2.76. The topological polar surface area (TPSA) is 98.5 Å². The molecule has 0 saturated heterocycles. The number of nitrogens with zero attached hydrogens (tertiary/aromatic N) is 1. The first-order valence-electron chi connectivity index (χ1n) is 6.70. The molecule has 0 spiro atoms. The number of thiophene rings is 1. The molecule has 0 fully saturated rings. The van der Waals surface area contributed by atoms with Crippen LogP contribution in [0.2, 0.25) is 0 Å². The fourth-order valence-electron chi connectivity index (χ4n) is 1.83. The second kappa shape index (κ2) is 7.01. The largest absolute Gasteiger partial charge is 0.448 e. The molecular weight excluding hydrogens is 320 g/mol. The van der Waals surface area contributed by atoms with Crippen molar-refractivity contribution in [2.24, 2.45) is 0 Å². The number of rotatable bonds is 6. The molecule has 2 aromatic rings. The Morgan fingerprint density at radius 1 is 1.48 bits per heavy atom. The smallest absolute Gasteiger partial charge is 0.349 e. The van der Waals surface area contributed by atoms with Gasteiger partial charge in [-0.25, -0.2) is 4.79 Å². The minimum Gasteiger partial charge on any atom is -0.448 e. The van der Waals surface area contributed by atoms with Crippen LogP contribution >= 0.6 is 11.3 Å². The summed E-state index contributed by atoms with van der Waals surface area (Å²) in [4.78, 5) is 34.3. The first-order valence-corrected chi connectivity index (χ1v) is 7.51. The molecular formula is C15H14N2O5S. The average Bonchev–Trinajstić information content (AvgIpc) is 2.95. The number of fused-ring (bicyclic) bond motifs is 1. The van der Waals surface area contributed by atoms with Crippen LogP contribution in [0.15, 0.2) is 36.9 Å². The van der Waals surface area contributed by atoms with Crippen LogP contribution in [0.3, 0.4) is 0 Å². The number of nitro benzene ring substituents is 1. The number of ether oxygens (including phenoxy) is 1. The van der Waals surface area contributed by atoms with Crippen LogP contribution in [-0.4, -0.2) is 29.4 Å². The summed E-state index contributed by atoms with van der Waals surface area (Å²) in [7, 11) is 0. The Morgan fingerprint density at radius 3 is 2.87 bits per heavy atom. The normalized spacial score (nSPS) is 11.7. The highest BCUT2D eigenvalue weighted by atomic mass is 32.1. The van der Waals surface area contributed by atoms with Crippen LogP contribution in [0, 0.1) is 10.1 Å². The minimum absolute atomic E-state index is 0.0487. The molecule has 120 valence electrons. The van der Waals surface area contributed by atoms with Crippen molar-refractivity contribution in [3.8, 4) is 0 Å². The third-order valence-electron chi connectivity index (χ3n) is 2.99. The standard InChI is InChI=1S/C15H14N2O5S/c1-3-6-16-14(18)9(2)22-15(19)13-8-10-7-11(17(20)21)4-5-12(10)23-13/h3-5,7-9H,1,6H2,2H3,(H,16,18). The summed E-state index contributed by atoms with van der Waals surface area (Å²) in [6, 6.07) is 5.86. The first kappa shape index (κ1) is 16.6. The number of carbonyl (C=O) groups excluding carboxylic acids is 2. The van der Waals surface area contributed by atoms with E-state index in [4.69, 9.17) is 4.74 Å². The van der Waals surface area contributed by atoms with E-state index in [1.54, 1.807) is 6.07 Å². The number of benzene rings is 1. The van der Waals surface area contributed by atoms with Crippen LogP contribution in [0.4, 0.5) is 5.69 Å². The van der Waals surface area contributed by atoms with Gasteiger partial charge >= 0.3 is 5.97 Å². The number of nitro groups is 1. The van der Waals surface area contributed by atoms with Crippen molar-refractivity contribution < 1.29 is 19.2 Å². The van der Waals surface area contributed by atoms with Crippen LogP contribution in [0.25, 0.3) is 10.1 Å². The van der Waals surface area contributed by atoms with Gasteiger partial charge in [-0.3, -0.25) is 14.9 Å². The molecule has 1 aromatic carbocycles. The molecule has 1 heterocycles. The summed E-state index contributed by atoms with van der Waals surface area (Å²) >= 11 is 1.15. The molecule has 1 N–H and O–H groups in total. The lowest BCUT2D eigenvalue weighted by molar-refractivity contribution is -0.384. The van der Waals surface area contributed by atoms with Gasteiger partial charge in [-0.1, -0.05) is 6.08 Å². The predicted octanol–water partition coefficient (Wildman–Crippen LogP) is 2.66. The molecule has 2 rings (SSSR count). The molecule has 23 heavy (non-hydrogen) atoms. The van der Waals surface area contributed by atoms with E-state index in [0.29, 0.717) is 5.39 Å². The maximum absolute atomic E-state index is 12.1. The zero-order chi connectivity index (χ0) is 17.0. The molecule has 0 saturated carbocycles. The molecule has 8 heteroatoms. The van der Waals surface area contributed by atoms with E-state index in [1.807, 2.05) is 0 Å². The molecule has 1 atom stereocenters. The van der Waals surface area contributed by atoms with Crippen LogP contribution < -0.4 is 5.32 Å². The lowest BCUT2D eigenvalue weighted by Crippen LogP contribution is -2.35. The minimum atomic E-state index is -0.943. The maximum Gasteiger partial charge on any atom is 0.349 e. The van der Waals surface area contributed by atoms with Crippen molar-refractivity contribution in [2.75, 3.05) is 6.54 Å². The first-order chi connectivity index (χ1) is 10.9. The molecule has 0 aliphatic heterocycles. The second-order valence-electron chi connectivity index (χ2n) is 4.67. The van der Waals surface area contributed by atoms with Crippen molar-refractivity contribution in [2.45, 2.75) is 13.0 Å². The van der Waals surface area contributed by atoms with E-state index in [0.717, 1.165) is 16.0 Å². The van der Waals surface area contributed by atoms with Gasteiger partial charge in [-0.05, 0) is 19.1 Å². The monoisotopic (exact) mass is 334 g/mol. The number of hydrogen-bond donors (Lipinski definition) is 1. The number of non-ortho nitro benzene ring substituents is 1. The van der Waals surface area contributed by atoms with Gasteiger partial charge in [0.2, 0.25) is 0 Å². The highest BCUT2D eigenvalue weighted by molar-refractivity contribution is 7.20. The third kappa shape index (κ3) is 3.92. The Morgan fingerprint density at radius 2 is 2.22 bits per heavy atom. The Bertz CT molecular complexity index is 783. The molecule has 7 nitrogen and oxygen atoms in total. The van der Waals surface area contributed by atoms with Gasteiger partial charge in [0.25, 0.3) is 11.6 Å². The van der Waals surface area contributed by atoms with Gasteiger partial charge in [-0.2, -0.15) is 0 Å². The van der Waals surface area contributed by atoms with E-state index in [9.17, 15) is 19.7 Å². The Balaban J connectivity index is 2.13. The molecule has 0 aliphatic rings. The van der Waals surface area contributed by atoms with Crippen LogP contribution in [-0.2, 0) is 9.53 Å². The summed E-state index contributed by atoms with van der Waals surface area (Å²) in [6.07, 6.45) is 0.577.